The maximum Gasteiger partial charge on any atom is 0.0920 e. The van der Waals surface area contributed by atoms with Crippen LogP contribution in [-0.2, 0) is 0 Å². The van der Waals surface area contributed by atoms with Crippen molar-refractivity contribution in [3.05, 3.63) is 34.3 Å². The molecule has 0 bridgehead atoms. The number of nitrogens with one attached hydrogen (secondary N) is 1. The van der Waals surface area contributed by atoms with Crippen molar-refractivity contribution in [2.45, 2.75) is 13.0 Å². The van der Waals surface area contributed by atoms with Gasteiger partial charge in [-0.1, -0.05) is 17.7 Å². The van der Waals surface area contributed by atoms with Gasteiger partial charge in [-0.2, -0.15) is 0 Å². The van der Waals surface area contributed by atoms with Crippen molar-refractivity contribution < 1.29 is 5.11 Å². The summed E-state index contributed by atoms with van der Waals surface area (Å²) in [4.78, 5) is 2.28. The molecule has 1 aromatic rings. The van der Waals surface area contributed by atoms with E-state index in [1.807, 2.05) is 25.1 Å². The van der Waals surface area contributed by atoms with Crippen LogP contribution in [0.4, 0.5) is 0 Å². The molecule has 94 valence electrons. The molecule has 4 heteroatoms. The SMILES string of the molecule is Cc1ccc(Cl)cc1C(O)CN1CCNCC1. The number of hydrogen-bond acceptors (Lipinski definition) is 3. The largest absolute Gasteiger partial charge is 0.387 e. The number of aryl methyl sites for hydroxylation is 1. The molecule has 0 radical (unpaired) electrons. The average molecular weight is 255 g/mol. The zero-order valence-electron chi connectivity index (χ0n) is 10.1. The smallest absolute Gasteiger partial charge is 0.0920 e. The summed E-state index contributed by atoms with van der Waals surface area (Å²) in [6.07, 6.45) is -0.452. The normalized spacial score (nSPS) is 19.2. The van der Waals surface area contributed by atoms with Gasteiger partial charge in [0.15, 0.2) is 0 Å². The predicted molar refractivity (Wildman–Crippen MR) is 70.5 cm³/mol. The van der Waals surface area contributed by atoms with Crippen LogP contribution in [0.3, 0.4) is 0 Å². The van der Waals surface area contributed by atoms with Gasteiger partial charge in [0.05, 0.1) is 6.10 Å². The molecule has 17 heavy (non-hydrogen) atoms. The molecule has 2 rings (SSSR count). The monoisotopic (exact) mass is 254 g/mol. The Bertz CT molecular complexity index is 378. The van der Waals surface area contributed by atoms with Gasteiger partial charge in [0.1, 0.15) is 0 Å². The molecule has 1 heterocycles. The van der Waals surface area contributed by atoms with Gasteiger partial charge in [0.25, 0.3) is 0 Å². The molecule has 1 unspecified atom stereocenters. The number of benzene rings is 1. The Balaban J connectivity index is 2.02. The third-order valence-electron chi connectivity index (χ3n) is 3.24. The number of piperazine rings is 1. The van der Waals surface area contributed by atoms with E-state index < -0.39 is 6.10 Å². The van der Waals surface area contributed by atoms with Crippen LogP contribution in [0, 0.1) is 6.92 Å². The number of aliphatic hydroxyl groups excluding tert-OH is 1. The second-order valence-corrected chi connectivity index (χ2v) is 5.00. The lowest BCUT2D eigenvalue weighted by molar-refractivity contribution is 0.105. The van der Waals surface area contributed by atoms with Crippen LogP contribution >= 0.6 is 11.6 Å². The van der Waals surface area contributed by atoms with Crippen molar-refractivity contribution in [2.24, 2.45) is 0 Å². The second-order valence-electron chi connectivity index (χ2n) is 4.57. The first-order chi connectivity index (χ1) is 8.16. The highest BCUT2D eigenvalue weighted by Crippen LogP contribution is 2.22. The maximum atomic E-state index is 10.3. The first-order valence-electron chi connectivity index (χ1n) is 6.04. The summed E-state index contributed by atoms with van der Waals surface area (Å²) in [5, 5.41) is 14.2. The van der Waals surface area contributed by atoms with Crippen LogP contribution < -0.4 is 5.32 Å². The summed E-state index contributed by atoms with van der Waals surface area (Å²) in [6, 6.07) is 5.68. The molecule has 1 fully saturated rings. The Hall–Kier alpha value is -0.610. The molecule has 0 saturated carbocycles. The highest BCUT2D eigenvalue weighted by molar-refractivity contribution is 6.30. The lowest BCUT2D eigenvalue weighted by Gasteiger charge is -2.29. The molecule has 0 aliphatic carbocycles. The van der Waals surface area contributed by atoms with Crippen LogP contribution in [0.5, 0.6) is 0 Å². The van der Waals surface area contributed by atoms with E-state index in [1.165, 1.54) is 0 Å². The molecule has 3 nitrogen and oxygen atoms in total. The fraction of sp³-hybridized carbons (Fsp3) is 0.538. The van der Waals surface area contributed by atoms with Gasteiger partial charge in [-0.15, -0.1) is 0 Å². The van der Waals surface area contributed by atoms with E-state index in [0.29, 0.717) is 11.6 Å². The van der Waals surface area contributed by atoms with Crippen LogP contribution in [0.1, 0.15) is 17.2 Å². The van der Waals surface area contributed by atoms with Crippen molar-refractivity contribution in [1.29, 1.82) is 0 Å². The van der Waals surface area contributed by atoms with E-state index in [9.17, 15) is 5.11 Å². The molecule has 0 amide bonds. The van der Waals surface area contributed by atoms with E-state index in [-0.39, 0.29) is 0 Å². The molecule has 1 aliphatic rings. The number of nitrogens with zero attached hydrogens (tertiary/aromatic N) is 1. The fourth-order valence-corrected chi connectivity index (χ4v) is 2.39. The molecule has 1 aliphatic heterocycles. The molecule has 2 N–H and O–H groups in total. The standard InChI is InChI=1S/C13H19ClN2O/c1-10-2-3-11(14)8-12(10)13(17)9-16-6-4-15-5-7-16/h2-3,8,13,15,17H,4-7,9H2,1H3. The molecular formula is C13H19ClN2O. The van der Waals surface area contributed by atoms with E-state index >= 15 is 0 Å². The highest BCUT2D eigenvalue weighted by atomic mass is 35.5. The zero-order chi connectivity index (χ0) is 12.3. The summed E-state index contributed by atoms with van der Waals surface area (Å²) in [6.45, 7) is 6.69. The second kappa shape index (κ2) is 5.83. The zero-order valence-corrected chi connectivity index (χ0v) is 10.9. The van der Waals surface area contributed by atoms with Crippen molar-refractivity contribution in [3.63, 3.8) is 0 Å². The van der Waals surface area contributed by atoms with Gasteiger partial charge in [-0.3, -0.25) is 4.90 Å². The van der Waals surface area contributed by atoms with Gasteiger partial charge in [0.2, 0.25) is 0 Å². The molecule has 1 aromatic carbocycles. The van der Waals surface area contributed by atoms with Crippen molar-refractivity contribution in [3.8, 4) is 0 Å². The minimum absolute atomic E-state index is 0.452. The quantitative estimate of drug-likeness (QED) is 0.860. The minimum atomic E-state index is -0.452. The first-order valence-corrected chi connectivity index (χ1v) is 6.42. The van der Waals surface area contributed by atoms with E-state index in [2.05, 4.69) is 10.2 Å². The van der Waals surface area contributed by atoms with E-state index in [0.717, 1.165) is 37.3 Å². The lowest BCUT2D eigenvalue weighted by atomic mass is 10.0. The van der Waals surface area contributed by atoms with E-state index in [4.69, 9.17) is 11.6 Å². The summed E-state index contributed by atoms with van der Waals surface area (Å²) in [5.41, 5.74) is 2.04. The molecule has 1 saturated heterocycles. The van der Waals surface area contributed by atoms with Crippen molar-refractivity contribution in [1.82, 2.24) is 10.2 Å². The predicted octanol–water partition coefficient (Wildman–Crippen LogP) is 1.59. The van der Waals surface area contributed by atoms with Gasteiger partial charge < -0.3 is 10.4 Å². The molecule has 0 spiro atoms. The van der Waals surface area contributed by atoms with Gasteiger partial charge >= 0.3 is 0 Å². The maximum absolute atomic E-state index is 10.3. The Morgan fingerprint density at radius 1 is 1.41 bits per heavy atom. The van der Waals surface area contributed by atoms with Gasteiger partial charge in [-0.05, 0) is 30.2 Å². The topological polar surface area (TPSA) is 35.5 Å². The Labute approximate surface area is 107 Å². The van der Waals surface area contributed by atoms with Gasteiger partial charge in [-0.25, -0.2) is 0 Å². The minimum Gasteiger partial charge on any atom is -0.387 e. The van der Waals surface area contributed by atoms with Crippen LogP contribution in [0.2, 0.25) is 5.02 Å². The summed E-state index contributed by atoms with van der Waals surface area (Å²) < 4.78 is 0. The number of halogens is 1. The van der Waals surface area contributed by atoms with Crippen molar-refractivity contribution >= 4 is 11.6 Å². The number of hydrogen-bond donors (Lipinski definition) is 2. The first kappa shape index (κ1) is 12.8. The third-order valence-corrected chi connectivity index (χ3v) is 3.48. The van der Waals surface area contributed by atoms with Crippen LogP contribution in [-0.4, -0.2) is 42.7 Å². The number of β-amino-alcohol motifs (C(OH)–C–C–N with tert-alkyl or cyclic N) is 1. The van der Waals surface area contributed by atoms with Crippen LogP contribution in [0.25, 0.3) is 0 Å². The fourth-order valence-electron chi connectivity index (χ4n) is 2.21. The Morgan fingerprint density at radius 2 is 2.12 bits per heavy atom. The van der Waals surface area contributed by atoms with Gasteiger partial charge in [0, 0.05) is 37.7 Å². The number of aliphatic hydroxyl groups is 1. The van der Waals surface area contributed by atoms with Crippen LogP contribution in [0.15, 0.2) is 18.2 Å². The van der Waals surface area contributed by atoms with Crippen molar-refractivity contribution in [2.75, 3.05) is 32.7 Å². The summed E-state index contributed by atoms with van der Waals surface area (Å²) in [7, 11) is 0. The third kappa shape index (κ3) is 3.42. The van der Waals surface area contributed by atoms with E-state index in [1.54, 1.807) is 0 Å². The molecule has 0 aromatic heterocycles. The lowest BCUT2D eigenvalue weighted by Crippen LogP contribution is -2.45. The summed E-state index contributed by atoms with van der Waals surface area (Å²) in [5.74, 6) is 0. The Morgan fingerprint density at radius 3 is 2.82 bits per heavy atom. The molecule has 1 atom stereocenters. The average Bonchev–Trinajstić information content (AvgIpc) is 2.33. The number of rotatable bonds is 3. The highest BCUT2D eigenvalue weighted by Gasteiger charge is 2.17. The molecular weight excluding hydrogens is 236 g/mol. The summed E-state index contributed by atoms with van der Waals surface area (Å²) >= 11 is 5.97. The Kier molecular flexibility index (Phi) is 4.40.